The molecule has 0 saturated heterocycles. The Bertz CT molecular complexity index is 1220. The Morgan fingerprint density at radius 1 is 1.10 bits per heavy atom. The zero-order chi connectivity index (χ0) is 20.4. The summed E-state index contributed by atoms with van der Waals surface area (Å²) in [7, 11) is 0. The van der Waals surface area contributed by atoms with Crippen molar-refractivity contribution in [2.45, 2.75) is 13.3 Å². The van der Waals surface area contributed by atoms with Crippen molar-refractivity contribution in [3.63, 3.8) is 0 Å². The Hall–Kier alpha value is -4.14. The fourth-order valence-electron chi connectivity index (χ4n) is 2.93. The number of carbonyl (C=O) groups is 1. The molecule has 0 bridgehead atoms. The van der Waals surface area contributed by atoms with E-state index in [9.17, 15) is 14.9 Å². The Labute approximate surface area is 165 Å². The second-order valence-electron chi connectivity index (χ2n) is 6.47. The molecule has 4 rings (SSSR count). The lowest BCUT2D eigenvalue weighted by Gasteiger charge is -2.08. The van der Waals surface area contributed by atoms with Gasteiger partial charge in [-0.1, -0.05) is 24.3 Å². The summed E-state index contributed by atoms with van der Waals surface area (Å²) in [4.78, 5) is 22.6. The maximum absolute atomic E-state index is 12.4. The van der Waals surface area contributed by atoms with Crippen LogP contribution in [0.15, 0.2) is 60.7 Å². The molecule has 1 N–H and O–H groups in total. The highest BCUT2D eigenvalue weighted by Crippen LogP contribution is 2.21. The number of aromatic nitrogens is 4. The average molecular weight is 388 g/mol. The molecule has 0 spiro atoms. The molecule has 2 aromatic carbocycles. The summed E-state index contributed by atoms with van der Waals surface area (Å²) in [6, 6.07) is 17.0. The van der Waals surface area contributed by atoms with E-state index in [4.69, 9.17) is 0 Å². The highest BCUT2D eigenvalue weighted by molar-refractivity contribution is 5.92. The third-order valence-electron chi connectivity index (χ3n) is 4.37. The van der Waals surface area contributed by atoms with E-state index < -0.39 is 4.92 Å². The molecule has 4 aromatic rings. The van der Waals surface area contributed by atoms with E-state index in [0.717, 1.165) is 11.3 Å². The zero-order valence-corrected chi connectivity index (χ0v) is 15.4. The maximum Gasteiger partial charge on any atom is 0.269 e. The number of hydrogen-bond donors (Lipinski definition) is 1. The van der Waals surface area contributed by atoms with Crippen LogP contribution < -0.4 is 5.32 Å². The van der Waals surface area contributed by atoms with Crippen molar-refractivity contribution in [3.8, 4) is 11.3 Å². The third-order valence-corrected chi connectivity index (χ3v) is 4.37. The molecule has 0 unspecified atom stereocenters. The summed E-state index contributed by atoms with van der Waals surface area (Å²) in [5, 5.41) is 26.1. The van der Waals surface area contributed by atoms with Crippen LogP contribution in [0.3, 0.4) is 0 Å². The van der Waals surface area contributed by atoms with Gasteiger partial charge in [0.25, 0.3) is 5.69 Å². The highest BCUT2D eigenvalue weighted by Gasteiger charge is 2.10. The molecule has 0 fully saturated rings. The van der Waals surface area contributed by atoms with E-state index in [1.165, 1.54) is 12.1 Å². The van der Waals surface area contributed by atoms with Crippen molar-refractivity contribution in [2.24, 2.45) is 0 Å². The summed E-state index contributed by atoms with van der Waals surface area (Å²) in [6.45, 7) is 1.83. The normalized spacial score (nSPS) is 10.8. The minimum Gasteiger partial charge on any atom is -0.326 e. The van der Waals surface area contributed by atoms with Gasteiger partial charge < -0.3 is 5.32 Å². The van der Waals surface area contributed by atoms with Crippen LogP contribution in [0.4, 0.5) is 11.4 Å². The fraction of sp³-hybridized carbons (Fsp3) is 0.100. The summed E-state index contributed by atoms with van der Waals surface area (Å²) in [6.07, 6.45) is 0.117. The summed E-state index contributed by atoms with van der Waals surface area (Å²) in [5.41, 5.74) is 3.56. The largest absolute Gasteiger partial charge is 0.326 e. The van der Waals surface area contributed by atoms with Crippen LogP contribution in [0.1, 0.15) is 11.4 Å². The number of nitro groups is 1. The van der Waals surface area contributed by atoms with E-state index in [1.54, 1.807) is 22.7 Å². The van der Waals surface area contributed by atoms with E-state index >= 15 is 0 Å². The minimum absolute atomic E-state index is 0.00495. The van der Waals surface area contributed by atoms with Crippen molar-refractivity contribution < 1.29 is 9.72 Å². The maximum atomic E-state index is 12.4. The van der Waals surface area contributed by atoms with Crippen molar-refractivity contribution in [1.82, 2.24) is 19.8 Å². The van der Waals surface area contributed by atoms with Gasteiger partial charge in [-0.15, -0.1) is 10.2 Å². The number of nitro benzene ring substituents is 1. The van der Waals surface area contributed by atoms with Gasteiger partial charge in [-0.3, -0.25) is 14.9 Å². The zero-order valence-electron chi connectivity index (χ0n) is 15.4. The predicted molar refractivity (Wildman–Crippen MR) is 106 cm³/mol. The first-order chi connectivity index (χ1) is 14.0. The van der Waals surface area contributed by atoms with Crippen LogP contribution in [0.25, 0.3) is 16.9 Å². The molecule has 29 heavy (non-hydrogen) atoms. The third kappa shape index (κ3) is 3.93. The molecule has 1 amide bonds. The number of fused-ring (bicyclic) bond motifs is 1. The number of nitrogens with one attached hydrogen (secondary N) is 1. The first kappa shape index (κ1) is 18.2. The number of hydrogen-bond acceptors (Lipinski definition) is 6. The lowest BCUT2D eigenvalue weighted by molar-refractivity contribution is -0.384. The van der Waals surface area contributed by atoms with Gasteiger partial charge in [0.1, 0.15) is 0 Å². The molecule has 0 aliphatic heterocycles. The van der Waals surface area contributed by atoms with Crippen LogP contribution in [0, 0.1) is 17.0 Å². The SMILES string of the molecule is Cc1nnc2ccc(-c3cccc(NC(=O)Cc4ccc([N+](=O)[O-])cc4)c3)nn12. The number of benzene rings is 2. The van der Waals surface area contributed by atoms with Gasteiger partial charge in [0, 0.05) is 23.4 Å². The van der Waals surface area contributed by atoms with Crippen LogP contribution in [-0.2, 0) is 11.2 Å². The van der Waals surface area contributed by atoms with Crippen LogP contribution in [0.5, 0.6) is 0 Å². The minimum atomic E-state index is -0.470. The second-order valence-corrected chi connectivity index (χ2v) is 6.47. The smallest absolute Gasteiger partial charge is 0.269 e. The average Bonchev–Trinajstić information content (AvgIpc) is 3.09. The standard InChI is InChI=1S/C20H16N6O3/c1-13-22-23-19-10-9-18(24-25(13)19)15-3-2-4-16(12-15)21-20(27)11-14-5-7-17(8-6-14)26(28)29/h2-10,12H,11H2,1H3,(H,21,27). The molecule has 9 nitrogen and oxygen atoms in total. The quantitative estimate of drug-likeness (QED) is 0.415. The Balaban J connectivity index is 1.50. The van der Waals surface area contributed by atoms with Crippen LogP contribution in [-0.4, -0.2) is 30.6 Å². The first-order valence-corrected chi connectivity index (χ1v) is 8.82. The van der Waals surface area contributed by atoms with Gasteiger partial charge >= 0.3 is 0 Å². The Morgan fingerprint density at radius 3 is 2.66 bits per heavy atom. The molecule has 2 aromatic heterocycles. The lowest BCUT2D eigenvalue weighted by Crippen LogP contribution is -2.14. The number of anilines is 1. The molecule has 0 aliphatic rings. The summed E-state index contributed by atoms with van der Waals surface area (Å²) < 4.78 is 1.66. The van der Waals surface area contributed by atoms with Crippen molar-refractivity contribution in [3.05, 3.63) is 82.2 Å². The second kappa shape index (κ2) is 7.47. The lowest BCUT2D eigenvalue weighted by atomic mass is 10.1. The molecular weight excluding hydrogens is 372 g/mol. The van der Waals surface area contributed by atoms with E-state index in [0.29, 0.717) is 22.7 Å². The van der Waals surface area contributed by atoms with Gasteiger partial charge in [0.2, 0.25) is 5.91 Å². The molecule has 2 heterocycles. The summed E-state index contributed by atoms with van der Waals surface area (Å²) >= 11 is 0. The molecule has 9 heteroatoms. The molecule has 0 aliphatic carbocycles. The highest BCUT2D eigenvalue weighted by atomic mass is 16.6. The molecule has 0 atom stereocenters. The number of non-ortho nitro benzene ring substituents is 1. The summed E-state index contributed by atoms with van der Waals surface area (Å²) in [5.74, 6) is 0.475. The molecular formula is C20H16N6O3. The number of nitrogens with zero attached hydrogens (tertiary/aromatic N) is 5. The molecule has 0 radical (unpaired) electrons. The number of aryl methyl sites for hydroxylation is 1. The van der Waals surface area contributed by atoms with E-state index in [2.05, 4.69) is 20.6 Å². The monoisotopic (exact) mass is 388 g/mol. The van der Waals surface area contributed by atoms with E-state index in [-0.39, 0.29) is 18.0 Å². The van der Waals surface area contributed by atoms with Crippen LogP contribution >= 0.6 is 0 Å². The molecule has 0 saturated carbocycles. The van der Waals surface area contributed by atoms with Gasteiger partial charge in [0.05, 0.1) is 17.0 Å². The van der Waals surface area contributed by atoms with Crippen molar-refractivity contribution in [2.75, 3.05) is 5.32 Å². The van der Waals surface area contributed by atoms with E-state index in [1.807, 2.05) is 37.3 Å². The van der Waals surface area contributed by atoms with Crippen LogP contribution in [0.2, 0.25) is 0 Å². The first-order valence-electron chi connectivity index (χ1n) is 8.82. The number of carbonyl (C=O) groups excluding carboxylic acids is 1. The van der Waals surface area contributed by atoms with Gasteiger partial charge in [-0.2, -0.15) is 9.61 Å². The van der Waals surface area contributed by atoms with Gasteiger partial charge in [0.15, 0.2) is 11.5 Å². The van der Waals surface area contributed by atoms with Crippen molar-refractivity contribution >= 4 is 22.9 Å². The number of rotatable bonds is 5. The Kier molecular flexibility index (Phi) is 4.70. The van der Waals surface area contributed by atoms with Gasteiger partial charge in [-0.05, 0) is 36.8 Å². The topological polar surface area (TPSA) is 115 Å². The number of amides is 1. The predicted octanol–water partition coefficient (Wildman–Crippen LogP) is 3.19. The fourth-order valence-corrected chi connectivity index (χ4v) is 2.93. The Morgan fingerprint density at radius 2 is 1.90 bits per heavy atom. The molecule has 144 valence electrons. The van der Waals surface area contributed by atoms with Gasteiger partial charge in [-0.25, -0.2) is 0 Å². The van der Waals surface area contributed by atoms with Crippen molar-refractivity contribution in [1.29, 1.82) is 0 Å².